The van der Waals surface area contributed by atoms with Crippen molar-refractivity contribution < 1.29 is 26.8 Å². The normalized spacial score (nSPS) is 12.2. The van der Waals surface area contributed by atoms with Crippen molar-refractivity contribution in [2.45, 2.75) is 45.7 Å². The molecule has 0 radical (unpaired) electrons. The summed E-state index contributed by atoms with van der Waals surface area (Å²) in [6, 6.07) is 8.93. The van der Waals surface area contributed by atoms with Crippen molar-refractivity contribution in [2.75, 3.05) is 23.7 Å². The monoisotopic (exact) mass is 529 g/mol. The summed E-state index contributed by atoms with van der Waals surface area (Å²) in [5.74, 6) is -2.91. The molecule has 0 aliphatic heterocycles. The quantitative estimate of drug-likeness (QED) is 0.448. The molecule has 0 aliphatic carbocycles. The first-order valence-corrected chi connectivity index (χ1v) is 13.4. The van der Waals surface area contributed by atoms with Crippen molar-refractivity contribution in [3.05, 3.63) is 64.7 Å². The van der Waals surface area contributed by atoms with Crippen LogP contribution in [0.4, 0.5) is 14.5 Å². The van der Waals surface area contributed by atoms with Crippen LogP contribution < -0.4 is 9.62 Å². The largest absolute Gasteiger partial charge is 0.354 e. The first kappa shape index (κ1) is 28.5. The Morgan fingerprint density at radius 2 is 1.74 bits per heavy atom. The number of carbonyl (C=O) groups is 2. The second-order valence-corrected chi connectivity index (χ2v) is 10.5. The number of hydrogen-bond acceptors (Lipinski definition) is 4. The zero-order valence-corrected chi connectivity index (χ0v) is 21.5. The highest BCUT2D eigenvalue weighted by Gasteiger charge is 2.26. The number of amides is 2. The van der Waals surface area contributed by atoms with Gasteiger partial charge in [0.15, 0.2) is 11.6 Å². The van der Waals surface area contributed by atoms with Gasteiger partial charge >= 0.3 is 0 Å². The Labute approximate surface area is 210 Å². The van der Waals surface area contributed by atoms with E-state index in [0.29, 0.717) is 11.6 Å². The van der Waals surface area contributed by atoms with Crippen LogP contribution in [-0.2, 0) is 26.2 Å². The average molecular weight is 530 g/mol. The number of benzene rings is 2. The molecule has 0 heterocycles. The third-order valence-corrected chi connectivity index (χ3v) is 6.77. The maximum Gasteiger partial charge on any atom is 0.242 e. The maximum atomic E-state index is 13.7. The number of sulfonamides is 1. The summed E-state index contributed by atoms with van der Waals surface area (Å²) < 4.78 is 52.4. The molecule has 0 unspecified atom stereocenters. The van der Waals surface area contributed by atoms with Gasteiger partial charge in [0.2, 0.25) is 21.8 Å². The molecule has 2 amide bonds. The molecular weight excluding hydrogens is 500 g/mol. The summed E-state index contributed by atoms with van der Waals surface area (Å²) in [6.45, 7) is 4.06. The number of rotatable bonds is 12. The van der Waals surface area contributed by atoms with E-state index in [4.69, 9.17) is 11.6 Å². The average Bonchev–Trinajstić information content (AvgIpc) is 2.80. The summed E-state index contributed by atoms with van der Waals surface area (Å²) in [5.41, 5.74) is 0.738. The zero-order chi connectivity index (χ0) is 26.2. The number of nitrogens with zero attached hydrogens (tertiary/aromatic N) is 2. The molecule has 0 saturated carbocycles. The van der Waals surface area contributed by atoms with Gasteiger partial charge in [0.1, 0.15) is 6.04 Å². The minimum Gasteiger partial charge on any atom is -0.354 e. The van der Waals surface area contributed by atoms with Gasteiger partial charge in [-0.3, -0.25) is 13.9 Å². The van der Waals surface area contributed by atoms with E-state index in [1.807, 2.05) is 6.92 Å². The highest BCUT2D eigenvalue weighted by molar-refractivity contribution is 7.92. The lowest BCUT2D eigenvalue weighted by molar-refractivity contribution is -0.140. The molecule has 0 aromatic heterocycles. The Balaban J connectivity index is 2.16. The molecule has 0 bridgehead atoms. The van der Waals surface area contributed by atoms with E-state index >= 15 is 0 Å². The Bertz CT molecular complexity index is 1130. The predicted octanol–water partition coefficient (Wildman–Crippen LogP) is 4.11. The summed E-state index contributed by atoms with van der Waals surface area (Å²) >= 11 is 5.94. The SMILES string of the molecule is CCCNC(=O)[C@H](C)N(Cc1ccc(Cl)cc1)C(=O)CCCN(c1ccc(F)c(F)c1)S(C)(=O)=O. The standard InChI is InChI=1S/C24H30ClF2N3O4S/c1-4-13-28-24(32)17(2)29(16-18-7-9-19(25)10-8-18)23(31)6-5-14-30(35(3,33)34)20-11-12-21(26)22(27)15-20/h7-12,15,17H,4-6,13-14,16H2,1-3H3,(H,28,32)/t17-/m0/s1. The van der Waals surface area contributed by atoms with Crippen molar-refractivity contribution in [3.63, 3.8) is 0 Å². The van der Waals surface area contributed by atoms with Crippen LogP contribution >= 0.6 is 11.6 Å². The fourth-order valence-corrected chi connectivity index (χ4v) is 4.49. The van der Waals surface area contributed by atoms with E-state index in [-0.39, 0.29) is 43.4 Å². The predicted molar refractivity (Wildman–Crippen MR) is 133 cm³/mol. The third kappa shape index (κ3) is 8.47. The number of anilines is 1. The lowest BCUT2D eigenvalue weighted by Crippen LogP contribution is -2.47. The van der Waals surface area contributed by atoms with E-state index in [2.05, 4.69) is 5.32 Å². The summed E-state index contributed by atoms with van der Waals surface area (Å²) in [6.07, 6.45) is 1.73. The fourth-order valence-electron chi connectivity index (χ4n) is 3.41. The summed E-state index contributed by atoms with van der Waals surface area (Å²) in [5, 5.41) is 3.32. The van der Waals surface area contributed by atoms with Crippen LogP contribution in [0.3, 0.4) is 0 Å². The second kappa shape index (κ2) is 12.8. The molecule has 35 heavy (non-hydrogen) atoms. The van der Waals surface area contributed by atoms with Crippen LogP contribution in [0.2, 0.25) is 5.02 Å². The number of hydrogen-bond donors (Lipinski definition) is 1. The van der Waals surface area contributed by atoms with Gasteiger partial charge in [-0.25, -0.2) is 17.2 Å². The van der Waals surface area contributed by atoms with Crippen molar-refractivity contribution in [3.8, 4) is 0 Å². The Kier molecular flexibility index (Phi) is 10.5. The maximum absolute atomic E-state index is 13.7. The lowest BCUT2D eigenvalue weighted by Gasteiger charge is -2.29. The first-order valence-electron chi connectivity index (χ1n) is 11.2. The van der Waals surface area contributed by atoms with Crippen molar-refractivity contribution in [2.24, 2.45) is 0 Å². The minimum absolute atomic E-state index is 0.0378. The number of carbonyl (C=O) groups excluding carboxylic acids is 2. The van der Waals surface area contributed by atoms with Gasteiger partial charge in [0, 0.05) is 37.1 Å². The van der Waals surface area contributed by atoms with Crippen molar-refractivity contribution in [1.29, 1.82) is 0 Å². The molecule has 0 spiro atoms. The molecule has 1 atom stereocenters. The number of nitrogens with one attached hydrogen (secondary N) is 1. The topological polar surface area (TPSA) is 86.8 Å². The lowest BCUT2D eigenvalue weighted by atomic mass is 10.1. The van der Waals surface area contributed by atoms with Crippen LogP contribution in [-0.4, -0.2) is 50.5 Å². The van der Waals surface area contributed by atoms with Gasteiger partial charge in [0.25, 0.3) is 0 Å². The second-order valence-electron chi connectivity index (χ2n) is 8.15. The van der Waals surface area contributed by atoms with Crippen LogP contribution in [0.15, 0.2) is 42.5 Å². The molecule has 0 aliphatic rings. The van der Waals surface area contributed by atoms with Crippen LogP contribution in [0.5, 0.6) is 0 Å². The van der Waals surface area contributed by atoms with Gasteiger partial charge in [-0.15, -0.1) is 0 Å². The van der Waals surface area contributed by atoms with E-state index in [0.717, 1.165) is 40.7 Å². The van der Waals surface area contributed by atoms with Gasteiger partial charge < -0.3 is 10.2 Å². The molecular formula is C24H30ClF2N3O4S. The Hall–Kier alpha value is -2.72. The Morgan fingerprint density at radius 1 is 1.09 bits per heavy atom. The van der Waals surface area contributed by atoms with Gasteiger partial charge in [0.05, 0.1) is 11.9 Å². The van der Waals surface area contributed by atoms with Crippen LogP contribution in [0.1, 0.15) is 38.7 Å². The van der Waals surface area contributed by atoms with Gasteiger partial charge in [-0.2, -0.15) is 0 Å². The van der Waals surface area contributed by atoms with E-state index in [9.17, 15) is 26.8 Å². The van der Waals surface area contributed by atoms with Crippen LogP contribution in [0.25, 0.3) is 0 Å². The van der Waals surface area contributed by atoms with Gasteiger partial charge in [-0.05, 0) is 49.6 Å². The molecule has 11 heteroatoms. The summed E-state index contributed by atoms with van der Waals surface area (Å²) in [7, 11) is -3.82. The molecule has 192 valence electrons. The zero-order valence-electron chi connectivity index (χ0n) is 19.9. The molecule has 7 nitrogen and oxygen atoms in total. The fraction of sp³-hybridized carbons (Fsp3) is 0.417. The van der Waals surface area contributed by atoms with Gasteiger partial charge in [-0.1, -0.05) is 30.7 Å². The molecule has 0 saturated heterocycles. The molecule has 1 N–H and O–H groups in total. The molecule has 2 aromatic rings. The minimum atomic E-state index is -3.82. The van der Waals surface area contributed by atoms with E-state index < -0.39 is 27.7 Å². The van der Waals surface area contributed by atoms with Crippen LogP contribution in [0, 0.1) is 11.6 Å². The van der Waals surface area contributed by atoms with E-state index in [1.54, 1.807) is 31.2 Å². The highest BCUT2D eigenvalue weighted by atomic mass is 35.5. The molecule has 2 aromatic carbocycles. The molecule has 0 fully saturated rings. The Morgan fingerprint density at radius 3 is 2.31 bits per heavy atom. The highest BCUT2D eigenvalue weighted by Crippen LogP contribution is 2.22. The third-order valence-electron chi connectivity index (χ3n) is 5.33. The first-order chi connectivity index (χ1) is 16.4. The smallest absolute Gasteiger partial charge is 0.242 e. The van der Waals surface area contributed by atoms with Crippen molar-refractivity contribution >= 4 is 39.1 Å². The number of halogens is 3. The summed E-state index contributed by atoms with van der Waals surface area (Å²) in [4.78, 5) is 27.1. The van der Waals surface area contributed by atoms with Crippen molar-refractivity contribution in [1.82, 2.24) is 10.2 Å². The molecule has 2 rings (SSSR count). The van der Waals surface area contributed by atoms with E-state index in [1.165, 1.54) is 4.90 Å².